The Balaban J connectivity index is 2.09. The lowest BCUT2D eigenvalue weighted by atomic mass is 9.96. The van der Waals surface area contributed by atoms with Gasteiger partial charge in [-0.3, -0.25) is 5.84 Å². The number of nitrogens with one attached hydrogen (secondary N) is 1. The first-order valence-corrected chi connectivity index (χ1v) is 6.74. The molecular formula is C15H14ClFN2O. The summed E-state index contributed by atoms with van der Waals surface area (Å²) in [7, 11) is 0. The first-order chi connectivity index (χ1) is 9.70. The van der Waals surface area contributed by atoms with Crippen LogP contribution in [0.4, 0.5) is 4.39 Å². The van der Waals surface area contributed by atoms with Gasteiger partial charge in [-0.2, -0.15) is 0 Å². The Morgan fingerprint density at radius 1 is 1.25 bits per heavy atom. The average molecular weight is 293 g/mol. The van der Waals surface area contributed by atoms with Gasteiger partial charge >= 0.3 is 0 Å². The zero-order chi connectivity index (χ0) is 14.1. The molecule has 0 aromatic heterocycles. The van der Waals surface area contributed by atoms with Gasteiger partial charge in [0.15, 0.2) is 0 Å². The molecule has 3 N–H and O–H groups in total. The largest absolute Gasteiger partial charge is 0.493 e. The number of rotatable bonds is 3. The van der Waals surface area contributed by atoms with Gasteiger partial charge in [0.25, 0.3) is 0 Å². The van der Waals surface area contributed by atoms with E-state index >= 15 is 0 Å². The maximum Gasteiger partial charge on any atom is 0.129 e. The number of benzene rings is 2. The third-order valence-electron chi connectivity index (χ3n) is 3.50. The summed E-state index contributed by atoms with van der Waals surface area (Å²) >= 11 is 5.79. The van der Waals surface area contributed by atoms with Gasteiger partial charge in [-0.15, -0.1) is 0 Å². The van der Waals surface area contributed by atoms with Crippen molar-refractivity contribution in [2.75, 3.05) is 6.61 Å². The third kappa shape index (κ3) is 2.26. The molecule has 20 heavy (non-hydrogen) atoms. The van der Waals surface area contributed by atoms with Crippen LogP contribution in [0, 0.1) is 5.82 Å². The minimum absolute atomic E-state index is 0.358. The SMILES string of the molecule is NNC(c1ccc(Cl)cc1F)c1cccc2c1OCC2. The molecule has 1 aliphatic heterocycles. The molecule has 3 rings (SSSR count). The molecular weight excluding hydrogens is 279 g/mol. The van der Waals surface area contributed by atoms with Crippen molar-refractivity contribution in [3.8, 4) is 5.75 Å². The Bertz CT molecular complexity index is 648. The molecule has 0 amide bonds. The highest BCUT2D eigenvalue weighted by Gasteiger charge is 2.24. The smallest absolute Gasteiger partial charge is 0.129 e. The highest BCUT2D eigenvalue weighted by molar-refractivity contribution is 6.30. The highest BCUT2D eigenvalue weighted by atomic mass is 35.5. The molecule has 1 unspecified atom stereocenters. The Kier molecular flexibility index (Phi) is 3.61. The molecule has 1 aliphatic rings. The summed E-state index contributed by atoms with van der Waals surface area (Å²) in [5.74, 6) is 6.04. The first kappa shape index (κ1) is 13.4. The van der Waals surface area contributed by atoms with Crippen molar-refractivity contribution in [3.63, 3.8) is 0 Å². The van der Waals surface area contributed by atoms with E-state index in [-0.39, 0.29) is 0 Å². The quantitative estimate of drug-likeness (QED) is 0.675. The standard InChI is InChI=1S/C15H14ClFN2O/c16-10-4-5-11(13(17)8-10)14(19-18)12-3-1-2-9-6-7-20-15(9)12/h1-5,8,14,19H,6-7,18H2. The molecule has 0 saturated heterocycles. The van der Waals surface area contributed by atoms with Crippen LogP contribution >= 0.6 is 11.6 Å². The summed E-state index contributed by atoms with van der Waals surface area (Å²) < 4.78 is 19.8. The molecule has 0 radical (unpaired) electrons. The summed E-state index contributed by atoms with van der Waals surface area (Å²) in [6, 6.07) is 9.93. The molecule has 0 spiro atoms. The number of nitrogens with two attached hydrogens (primary N) is 1. The van der Waals surface area contributed by atoms with E-state index in [9.17, 15) is 4.39 Å². The molecule has 2 aromatic rings. The van der Waals surface area contributed by atoms with E-state index in [1.54, 1.807) is 12.1 Å². The third-order valence-corrected chi connectivity index (χ3v) is 3.73. The van der Waals surface area contributed by atoms with E-state index in [2.05, 4.69) is 5.43 Å². The molecule has 5 heteroatoms. The van der Waals surface area contributed by atoms with Crippen LogP contribution in [0.2, 0.25) is 5.02 Å². The fourth-order valence-electron chi connectivity index (χ4n) is 2.55. The van der Waals surface area contributed by atoms with Crippen LogP contribution in [-0.4, -0.2) is 6.61 Å². The van der Waals surface area contributed by atoms with Crippen molar-refractivity contribution >= 4 is 11.6 Å². The molecule has 0 aliphatic carbocycles. The van der Waals surface area contributed by atoms with E-state index in [0.717, 1.165) is 23.3 Å². The van der Waals surface area contributed by atoms with Gasteiger partial charge in [0.05, 0.1) is 12.6 Å². The Morgan fingerprint density at radius 3 is 2.85 bits per heavy atom. The van der Waals surface area contributed by atoms with Crippen LogP contribution in [0.1, 0.15) is 22.7 Å². The second kappa shape index (κ2) is 5.40. The average Bonchev–Trinajstić information content (AvgIpc) is 2.91. The molecule has 1 atom stereocenters. The van der Waals surface area contributed by atoms with Gasteiger partial charge in [0.2, 0.25) is 0 Å². The van der Waals surface area contributed by atoms with E-state index in [1.807, 2.05) is 18.2 Å². The number of fused-ring (bicyclic) bond motifs is 1. The van der Waals surface area contributed by atoms with Crippen LogP contribution in [0.5, 0.6) is 5.75 Å². The van der Waals surface area contributed by atoms with Gasteiger partial charge in [-0.05, 0) is 17.7 Å². The van der Waals surface area contributed by atoms with Crippen molar-refractivity contribution in [1.29, 1.82) is 0 Å². The maximum atomic E-state index is 14.1. The van der Waals surface area contributed by atoms with E-state index in [0.29, 0.717) is 17.2 Å². The topological polar surface area (TPSA) is 47.3 Å². The highest BCUT2D eigenvalue weighted by Crippen LogP contribution is 2.36. The number of hydrogen-bond acceptors (Lipinski definition) is 3. The predicted octanol–water partition coefficient (Wildman–Crippen LogP) is 2.97. The number of ether oxygens (including phenoxy) is 1. The lowest BCUT2D eigenvalue weighted by molar-refractivity contribution is 0.350. The lowest BCUT2D eigenvalue weighted by Crippen LogP contribution is -2.29. The van der Waals surface area contributed by atoms with Crippen molar-refractivity contribution < 1.29 is 9.13 Å². The zero-order valence-electron chi connectivity index (χ0n) is 10.7. The lowest BCUT2D eigenvalue weighted by Gasteiger charge is -2.20. The van der Waals surface area contributed by atoms with Gasteiger partial charge in [-0.25, -0.2) is 9.82 Å². The van der Waals surface area contributed by atoms with Gasteiger partial charge in [-0.1, -0.05) is 35.9 Å². The van der Waals surface area contributed by atoms with Crippen LogP contribution in [0.25, 0.3) is 0 Å². The Hall–Kier alpha value is -1.62. The summed E-state index contributed by atoms with van der Waals surface area (Å²) in [6.07, 6.45) is 0.865. The summed E-state index contributed by atoms with van der Waals surface area (Å²) in [6.45, 7) is 0.646. The Morgan fingerprint density at radius 2 is 2.10 bits per heavy atom. The van der Waals surface area contributed by atoms with Crippen LogP contribution < -0.4 is 16.0 Å². The molecule has 0 saturated carbocycles. The monoisotopic (exact) mass is 292 g/mol. The predicted molar refractivity (Wildman–Crippen MR) is 76.2 cm³/mol. The number of para-hydroxylation sites is 1. The van der Waals surface area contributed by atoms with Crippen LogP contribution in [0.3, 0.4) is 0 Å². The number of hydrazine groups is 1. The van der Waals surface area contributed by atoms with E-state index in [4.69, 9.17) is 22.2 Å². The minimum Gasteiger partial charge on any atom is -0.493 e. The van der Waals surface area contributed by atoms with Crippen LogP contribution in [-0.2, 0) is 6.42 Å². The molecule has 3 nitrogen and oxygen atoms in total. The Labute approximate surface area is 121 Å². The van der Waals surface area contributed by atoms with Crippen molar-refractivity contribution in [3.05, 3.63) is 63.9 Å². The van der Waals surface area contributed by atoms with Gasteiger partial charge < -0.3 is 4.74 Å². The second-order valence-corrected chi connectivity index (χ2v) is 5.14. The van der Waals surface area contributed by atoms with E-state index in [1.165, 1.54) is 6.07 Å². The maximum absolute atomic E-state index is 14.1. The fraction of sp³-hybridized carbons (Fsp3) is 0.200. The van der Waals surface area contributed by atoms with Crippen molar-refractivity contribution in [2.45, 2.75) is 12.5 Å². The summed E-state index contributed by atoms with van der Waals surface area (Å²) in [5.41, 5.74) is 5.07. The summed E-state index contributed by atoms with van der Waals surface area (Å²) in [5, 5.41) is 0.358. The van der Waals surface area contributed by atoms with E-state index < -0.39 is 11.9 Å². The fourth-order valence-corrected chi connectivity index (χ4v) is 2.71. The minimum atomic E-state index is -0.472. The normalized spacial score (nSPS) is 14.8. The summed E-state index contributed by atoms with van der Waals surface area (Å²) in [4.78, 5) is 0. The molecule has 0 bridgehead atoms. The van der Waals surface area contributed by atoms with Crippen molar-refractivity contribution in [2.24, 2.45) is 5.84 Å². The number of halogens is 2. The molecule has 0 fully saturated rings. The first-order valence-electron chi connectivity index (χ1n) is 6.36. The molecule has 104 valence electrons. The second-order valence-electron chi connectivity index (χ2n) is 4.70. The van der Waals surface area contributed by atoms with Crippen LogP contribution in [0.15, 0.2) is 36.4 Å². The number of hydrogen-bond donors (Lipinski definition) is 2. The van der Waals surface area contributed by atoms with Gasteiger partial charge in [0.1, 0.15) is 11.6 Å². The molecule has 2 aromatic carbocycles. The van der Waals surface area contributed by atoms with Crippen molar-refractivity contribution in [1.82, 2.24) is 5.43 Å². The van der Waals surface area contributed by atoms with Gasteiger partial charge in [0, 0.05) is 22.6 Å². The zero-order valence-corrected chi connectivity index (χ0v) is 11.5. The molecule has 1 heterocycles.